The lowest BCUT2D eigenvalue weighted by atomic mass is 10.0. The molecular formula is C29H32Cl2N2O2S. The monoisotopic (exact) mass is 542 g/mol. The van der Waals surface area contributed by atoms with Gasteiger partial charge in [0.2, 0.25) is 11.8 Å². The summed E-state index contributed by atoms with van der Waals surface area (Å²) in [5.74, 6) is 0.703. The average Bonchev–Trinajstić information content (AvgIpc) is 2.86. The molecule has 36 heavy (non-hydrogen) atoms. The molecule has 3 rings (SSSR count). The van der Waals surface area contributed by atoms with E-state index in [4.69, 9.17) is 23.2 Å². The van der Waals surface area contributed by atoms with E-state index in [9.17, 15) is 9.59 Å². The number of carbonyl (C=O) groups is 2. The smallest absolute Gasteiger partial charge is 0.243 e. The standard InChI is InChI=1S/C29H32Cl2N2O2S/c1-3-14-32-29(35)27(16-22-9-5-4-6-10-22)33(18-24-12-13-25(30)17-26(24)31)28(34)20-36-19-23-11-7-8-21(2)15-23/h4-13,15,17,27H,3,14,16,18-20H2,1-2H3,(H,32,35)/t27-/m1/s1. The number of nitrogens with zero attached hydrogens (tertiary/aromatic N) is 1. The number of amides is 2. The van der Waals surface area contributed by atoms with Crippen molar-refractivity contribution in [3.05, 3.63) is 105 Å². The predicted molar refractivity (Wildman–Crippen MR) is 152 cm³/mol. The van der Waals surface area contributed by atoms with Gasteiger partial charge in [-0.3, -0.25) is 9.59 Å². The van der Waals surface area contributed by atoms with Gasteiger partial charge in [0.25, 0.3) is 0 Å². The third kappa shape index (κ3) is 8.58. The van der Waals surface area contributed by atoms with E-state index in [0.717, 1.165) is 17.5 Å². The van der Waals surface area contributed by atoms with Crippen molar-refractivity contribution in [1.82, 2.24) is 10.2 Å². The molecule has 7 heteroatoms. The van der Waals surface area contributed by atoms with E-state index in [1.165, 1.54) is 11.1 Å². The minimum absolute atomic E-state index is 0.105. The Morgan fingerprint density at radius 2 is 1.72 bits per heavy atom. The molecular weight excluding hydrogens is 511 g/mol. The second kappa shape index (κ2) is 14.3. The first-order valence-electron chi connectivity index (χ1n) is 12.1. The highest BCUT2D eigenvalue weighted by Crippen LogP contribution is 2.25. The molecule has 0 aliphatic carbocycles. The summed E-state index contributed by atoms with van der Waals surface area (Å²) in [6.07, 6.45) is 1.23. The van der Waals surface area contributed by atoms with Gasteiger partial charge >= 0.3 is 0 Å². The summed E-state index contributed by atoms with van der Waals surface area (Å²) < 4.78 is 0. The van der Waals surface area contributed by atoms with Crippen LogP contribution in [0.1, 0.15) is 35.6 Å². The lowest BCUT2D eigenvalue weighted by Crippen LogP contribution is -2.51. The summed E-state index contributed by atoms with van der Waals surface area (Å²) >= 11 is 14.1. The van der Waals surface area contributed by atoms with Crippen LogP contribution < -0.4 is 5.32 Å². The molecule has 0 radical (unpaired) electrons. The van der Waals surface area contributed by atoms with Gasteiger partial charge in [-0.05, 0) is 42.2 Å². The predicted octanol–water partition coefficient (Wildman–Crippen LogP) is 6.70. The number of hydrogen-bond donors (Lipinski definition) is 1. The Hall–Kier alpha value is -2.47. The third-order valence-electron chi connectivity index (χ3n) is 5.75. The number of halogens is 2. The normalized spacial score (nSPS) is 11.7. The van der Waals surface area contributed by atoms with Crippen molar-refractivity contribution in [2.24, 2.45) is 0 Å². The van der Waals surface area contributed by atoms with Crippen molar-refractivity contribution < 1.29 is 9.59 Å². The van der Waals surface area contributed by atoms with Crippen LogP contribution in [0.25, 0.3) is 0 Å². The van der Waals surface area contributed by atoms with Gasteiger partial charge in [0.15, 0.2) is 0 Å². The van der Waals surface area contributed by atoms with Crippen LogP contribution in [0, 0.1) is 6.92 Å². The van der Waals surface area contributed by atoms with Gasteiger partial charge in [0.05, 0.1) is 5.75 Å². The van der Waals surface area contributed by atoms with Crippen LogP contribution in [0.3, 0.4) is 0 Å². The number of benzene rings is 3. The number of carbonyl (C=O) groups excluding carboxylic acids is 2. The fourth-order valence-corrected chi connectivity index (χ4v) is 5.22. The average molecular weight is 544 g/mol. The van der Waals surface area contributed by atoms with Crippen molar-refractivity contribution in [3.63, 3.8) is 0 Å². The van der Waals surface area contributed by atoms with Gasteiger partial charge in [-0.1, -0.05) is 96.4 Å². The Bertz CT molecular complexity index is 1160. The Balaban J connectivity index is 1.86. The molecule has 0 aliphatic heterocycles. The van der Waals surface area contributed by atoms with Gasteiger partial charge in [-0.25, -0.2) is 0 Å². The summed E-state index contributed by atoms with van der Waals surface area (Å²) in [6.45, 7) is 4.83. The van der Waals surface area contributed by atoms with Crippen LogP contribution in [-0.2, 0) is 28.3 Å². The zero-order chi connectivity index (χ0) is 25.9. The number of hydrogen-bond acceptors (Lipinski definition) is 3. The topological polar surface area (TPSA) is 49.4 Å². The summed E-state index contributed by atoms with van der Waals surface area (Å²) in [6, 6.07) is 22.6. The second-order valence-corrected chi connectivity index (χ2v) is 10.6. The first-order valence-corrected chi connectivity index (χ1v) is 14.0. The maximum absolute atomic E-state index is 13.6. The van der Waals surface area contributed by atoms with Gasteiger partial charge in [-0.2, -0.15) is 0 Å². The molecule has 190 valence electrons. The fourth-order valence-electron chi connectivity index (χ4n) is 3.89. The van der Waals surface area contributed by atoms with Gasteiger partial charge in [0.1, 0.15) is 6.04 Å². The molecule has 2 amide bonds. The number of thioether (sulfide) groups is 1. The molecule has 3 aromatic rings. The molecule has 0 spiro atoms. The quantitative estimate of drug-likeness (QED) is 0.277. The third-order valence-corrected chi connectivity index (χ3v) is 7.33. The van der Waals surface area contributed by atoms with E-state index in [-0.39, 0.29) is 24.1 Å². The van der Waals surface area contributed by atoms with E-state index in [0.29, 0.717) is 28.8 Å². The van der Waals surface area contributed by atoms with Crippen LogP contribution in [0.2, 0.25) is 10.0 Å². The van der Waals surface area contributed by atoms with Crippen LogP contribution in [0.15, 0.2) is 72.8 Å². The minimum Gasteiger partial charge on any atom is -0.354 e. The molecule has 0 fully saturated rings. The second-order valence-electron chi connectivity index (χ2n) is 8.74. The Labute approximate surface area is 228 Å². The first-order chi connectivity index (χ1) is 17.4. The molecule has 4 nitrogen and oxygen atoms in total. The fraction of sp³-hybridized carbons (Fsp3) is 0.310. The lowest BCUT2D eigenvalue weighted by Gasteiger charge is -2.32. The Morgan fingerprint density at radius 3 is 2.42 bits per heavy atom. The van der Waals surface area contributed by atoms with E-state index >= 15 is 0 Å². The van der Waals surface area contributed by atoms with E-state index < -0.39 is 6.04 Å². The molecule has 0 unspecified atom stereocenters. The van der Waals surface area contributed by atoms with Gasteiger partial charge in [0, 0.05) is 35.3 Å². The first kappa shape index (κ1) is 28.1. The number of rotatable bonds is 12. The SMILES string of the molecule is CCCNC(=O)[C@@H](Cc1ccccc1)N(Cc1ccc(Cl)cc1Cl)C(=O)CSCc1cccc(C)c1. The van der Waals surface area contributed by atoms with Crippen molar-refractivity contribution >= 4 is 46.8 Å². The molecule has 0 aliphatic rings. The summed E-state index contributed by atoms with van der Waals surface area (Å²) in [5.41, 5.74) is 4.09. The molecule has 0 bridgehead atoms. The summed E-state index contributed by atoms with van der Waals surface area (Å²) in [4.78, 5) is 28.7. The van der Waals surface area contributed by atoms with Crippen LogP contribution >= 0.6 is 35.0 Å². The van der Waals surface area contributed by atoms with Crippen LogP contribution in [0.4, 0.5) is 0 Å². The van der Waals surface area contributed by atoms with Crippen molar-refractivity contribution in [2.75, 3.05) is 12.3 Å². The van der Waals surface area contributed by atoms with Crippen molar-refractivity contribution in [2.45, 2.75) is 45.0 Å². The lowest BCUT2D eigenvalue weighted by molar-refractivity contribution is -0.139. The zero-order valence-electron chi connectivity index (χ0n) is 20.7. The number of aryl methyl sites for hydroxylation is 1. The Morgan fingerprint density at radius 1 is 0.972 bits per heavy atom. The molecule has 1 atom stereocenters. The number of nitrogens with one attached hydrogen (secondary N) is 1. The molecule has 0 saturated carbocycles. The maximum atomic E-state index is 13.6. The minimum atomic E-state index is -0.669. The molecule has 0 heterocycles. The van der Waals surface area contributed by atoms with Gasteiger partial charge < -0.3 is 10.2 Å². The van der Waals surface area contributed by atoms with E-state index in [1.54, 1.807) is 28.8 Å². The van der Waals surface area contributed by atoms with Crippen molar-refractivity contribution in [1.29, 1.82) is 0 Å². The molecule has 0 saturated heterocycles. The van der Waals surface area contributed by atoms with Crippen molar-refractivity contribution in [3.8, 4) is 0 Å². The van der Waals surface area contributed by atoms with E-state index in [1.807, 2.05) is 49.4 Å². The summed E-state index contributed by atoms with van der Waals surface area (Å²) in [7, 11) is 0. The highest BCUT2D eigenvalue weighted by molar-refractivity contribution is 7.99. The molecule has 3 aromatic carbocycles. The Kier molecular flexibility index (Phi) is 11.2. The highest BCUT2D eigenvalue weighted by Gasteiger charge is 2.30. The largest absolute Gasteiger partial charge is 0.354 e. The van der Waals surface area contributed by atoms with Crippen LogP contribution in [-0.4, -0.2) is 35.1 Å². The summed E-state index contributed by atoms with van der Waals surface area (Å²) in [5, 5.41) is 3.99. The van der Waals surface area contributed by atoms with E-state index in [2.05, 4.69) is 30.4 Å². The highest BCUT2D eigenvalue weighted by atomic mass is 35.5. The molecule has 0 aromatic heterocycles. The van der Waals surface area contributed by atoms with Crippen LogP contribution in [0.5, 0.6) is 0 Å². The van der Waals surface area contributed by atoms with Gasteiger partial charge in [-0.15, -0.1) is 11.8 Å². The molecule has 1 N–H and O–H groups in total. The maximum Gasteiger partial charge on any atom is 0.243 e. The zero-order valence-corrected chi connectivity index (χ0v) is 23.0.